The van der Waals surface area contributed by atoms with Gasteiger partial charge in [-0.05, 0) is 38.1 Å². The second-order valence-corrected chi connectivity index (χ2v) is 5.10. The lowest BCUT2D eigenvalue weighted by Gasteiger charge is -2.09. The number of aromatic nitrogens is 1. The molecule has 0 aliphatic carbocycles. The molecule has 7 nitrogen and oxygen atoms in total. The highest BCUT2D eigenvalue weighted by Crippen LogP contribution is 2.25. The maximum atomic E-state index is 12.1. The fourth-order valence-corrected chi connectivity index (χ4v) is 2.27. The third kappa shape index (κ3) is 3.04. The van der Waals surface area contributed by atoms with E-state index < -0.39 is 6.10 Å². The zero-order valence-electron chi connectivity index (χ0n) is 12.7. The number of aliphatic hydroxyl groups is 1. The minimum absolute atomic E-state index is 0.00794. The van der Waals surface area contributed by atoms with Gasteiger partial charge in [-0.3, -0.25) is 4.79 Å². The number of amides is 1. The summed E-state index contributed by atoms with van der Waals surface area (Å²) >= 11 is 0. The number of aliphatic hydroxyl groups excluding tert-OH is 1. The predicted molar refractivity (Wildman–Crippen MR) is 79.7 cm³/mol. The Hall–Kier alpha value is -2.80. The molecule has 0 bridgehead atoms. The number of carbonyl (C=O) groups is 1. The Balaban J connectivity index is 1.64. The molecule has 7 heteroatoms. The molecule has 3 heterocycles. The number of hydrogen-bond donors (Lipinski definition) is 2. The molecule has 23 heavy (non-hydrogen) atoms. The lowest BCUT2D eigenvalue weighted by molar-refractivity contribution is 0.0899. The van der Waals surface area contributed by atoms with E-state index >= 15 is 0 Å². The number of aryl methyl sites for hydroxylation is 2. The lowest BCUT2D eigenvalue weighted by Crippen LogP contribution is -2.28. The van der Waals surface area contributed by atoms with Crippen molar-refractivity contribution < 1.29 is 23.3 Å². The van der Waals surface area contributed by atoms with Crippen LogP contribution in [0.1, 0.15) is 33.7 Å². The molecule has 1 atom stereocenters. The summed E-state index contributed by atoms with van der Waals surface area (Å²) in [7, 11) is 0. The first kappa shape index (κ1) is 15.1. The van der Waals surface area contributed by atoms with E-state index in [1.165, 1.54) is 6.26 Å². The van der Waals surface area contributed by atoms with Gasteiger partial charge in [0.1, 0.15) is 23.2 Å². The third-order valence-corrected chi connectivity index (χ3v) is 3.44. The number of furan rings is 2. The quantitative estimate of drug-likeness (QED) is 0.750. The number of carbonyl (C=O) groups excluding carboxylic acids is 1. The van der Waals surface area contributed by atoms with Crippen molar-refractivity contribution in [2.75, 3.05) is 6.54 Å². The first-order valence-electron chi connectivity index (χ1n) is 7.09. The van der Waals surface area contributed by atoms with E-state index in [-0.39, 0.29) is 12.5 Å². The average Bonchev–Trinajstić information content (AvgIpc) is 3.25. The first-order valence-corrected chi connectivity index (χ1v) is 7.09. The Labute approximate surface area is 131 Å². The molecular formula is C16H16N2O5. The van der Waals surface area contributed by atoms with E-state index in [1.54, 1.807) is 38.1 Å². The highest BCUT2D eigenvalue weighted by atomic mass is 16.5. The van der Waals surface area contributed by atoms with Gasteiger partial charge < -0.3 is 23.8 Å². The Kier molecular flexibility index (Phi) is 4.03. The molecule has 0 unspecified atom stereocenters. The normalized spacial score (nSPS) is 12.3. The first-order chi connectivity index (χ1) is 11.1. The van der Waals surface area contributed by atoms with Crippen LogP contribution in [0.3, 0.4) is 0 Å². The Morgan fingerprint density at radius 3 is 2.78 bits per heavy atom. The van der Waals surface area contributed by atoms with Crippen molar-refractivity contribution in [3.63, 3.8) is 0 Å². The van der Waals surface area contributed by atoms with E-state index in [4.69, 9.17) is 13.4 Å². The summed E-state index contributed by atoms with van der Waals surface area (Å²) in [5.74, 6) is 1.52. The molecule has 3 aromatic heterocycles. The van der Waals surface area contributed by atoms with Crippen molar-refractivity contribution in [2.24, 2.45) is 0 Å². The molecule has 3 rings (SSSR count). The van der Waals surface area contributed by atoms with Crippen molar-refractivity contribution in [1.29, 1.82) is 0 Å². The lowest BCUT2D eigenvalue weighted by atomic mass is 10.2. The van der Waals surface area contributed by atoms with E-state index in [1.807, 2.05) is 0 Å². The van der Waals surface area contributed by atoms with Gasteiger partial charge in [0.05, 0.1) is 18.5 Å². The van der Waals surface area contributed by atoms with Crippen LogP contribution in [-0.4, -0.2) is 22.7 Å². The third-order valence-electron chi connectivity index (χ3n) is 3.44. The molecular weight excluding hydrogens is 300 g/mol. The summed E-state index contributed by atoms with van der Waals surface area (Å²) in [6, 6.07) is 6.85. The van der Waals surface area contributed by atoms with E-state index in [2.05, 4.69) is 10.5 Å². The largest absolute Gasteiger partial charge is 0.461 e. The molecule has 3 aromatic rings. The Morgan fingerprint density at radius 1 is 1.30 bits per heavy atom. The average molecular weight is 316 g/mol. The van der Waals surface area contributed by atoms with Crippen molar-refractivity contribution in [1.82, 2.24) is 10.5 Å². The van der Waals surface area contributed by atoms with Gasteiger partial charge in [-0.2, -0.15) is 0 Å². The van der Waals surface area contributed by atoms with Gasteiger partial charge in [0.2, 0.25) is 0 Å². The topological polar surface area (TPSA) is 102 Å². The van der Waals surface area contributed by atoms with Crippen molar-refractivity contribution in [2.45, 2.75) is 20.0 Å². The molecule has 0 fully saturated rings. The zero-order chi connectivity index (χ0) is 16.4. The van der Waals surface area contributed by atoms with Gasteiger partial charge in [0.15, 0.2) is 11.5 Å². The van der Waals surface area contributed by atoms with E-state index in [0.717, 1.165) is 0 Å². The molecule has 0 spiro atoms. The second-order valence-electron chi connectivity index (χ2n) is 5.10. The number of rotatable bonds is 5. The van der Waals surface area contributed by atoms with Gasteiger partial charge in [-0.15, -0.1) is 0 Å². The van der Waals surface area contributed by atoms with E-state index in [9.17, 15) is 9.90 Å². The van der Waals surface area contributed by atoms with Crippen molar-refractivity contribution in [3.8, 4) is 11.5 Å². The number of nitrogens with zero attached hydrogens (tertiary/aromatic N) is 1. The summed E-state index contributed by atoms with van der Waals surface area (Å²) in [6.07, 6.45) is 0.570. The Morgan fingerprint density at radius 2 is 2.13 bits per heavy atom. The molecule has 2 N–H and O–H groups in total. The van der Waals surface area contributed by atoms with Crippen LogP contribution in [0.15, 0.2) is 43.9 Å². The number of hydrogen-bond acceptors (Lipinski definition) is 6. The SMILES string of the molecule is Cc1noc(C)c1C(=O)NC[C@H](O)c1ccc(-c2ccco2)o1. The predicted octanol–water partition coefficient (Wildman–Crippen LogP) is 2.61. The fraction of sp³-hybridized carbons (Fsp3) is 0.250. The molecule has 0 saturated carbocycles. The van der Waals surface area contributed by atoms with Crippen molar-refractivity contribution >= 4 is 5.91 Å². The second kappa shape index (κ2) is 6.13. The van der Waals surface area contributed by atoms with Gasteiger partial charge in [0, 0.05) is 0 Å². The molecule has 0 aliphatic heterocycles. The minimum atomic E-state index is -0.969. The van der Waals surface area contributed by atoms with Crippen LogP contribution in [0.2, 0.25) is 0 Å². The van der Waals surface area contributed by atoms with Gasteiger partial charge in [-0.1, -0.05) is 5.16 Å². The van der Waals surface area contributed by atoms with Crippen LogP contribution in [0.25, 0.3) is 11.5 Å². The standard InChI is InChI=1S/C16H16N2O5/c1-9-15(10(2)23-18-9)16(20)17-8-11(19)12-5-6-14(22-12)13-4-3-7-21-13/h3-7,11,19H,8H2,1-2H3,(H,17,20)/t11-/m0/s1. The maximum absolute atomic E-state index is 12.1. The van der Waals surface area contributed by atoms with Crippen LogP contribution < -0.4 is 5.32 Å². The highest BCUT2D eigenvalue weighted by Gasteiger charge is 2.20. The van der Waals surface area contributed by atoms with Crippen LogP contribution in [0.5, 0.6) is 0 Å². The summed E-state index contributed by atoms with van der Waals surface area (Å²) in [4.78, 5) is 12.1. The van der Waals surface area contributed by atoms with Gasteiger partial charge >= 0.3 is 0 Å². The van der Waals surface area contributed by atoms with Crippen LogP contribution in [-0.2, 0) is 0 Å². The van der Waals surface area contributed by atoms with E-state index in [0.29, 0.717) is 34.3 Å². The Bertz CT molecular complexity index is 781. The molecule has 0 aromatic carbocycles. The maximum Gasteiger partial charge on any atom is 0.256 e. The van der Waals surface area contributed by atoms with Gasteiger partial charge in [-0.25, -0.2) is 0 Å². The number of nitrogens with one attached hydrogen (secondary N) is 1. The highest BCUT2D eigenvalue weighted by molar-refractivity contribution is 5.96. The molecule has 0 saturated heterocycles. The smallest absolute Gasteiger partial charge is 0.256 e. The monoisotopic (exact) mass is 316 g/mol. The van der Waals surface area contributed by atoms with Crippen molar-refractivity contribution in [3.05, 3.63) is 53.3 Å². The summed E-state index contributed by atoms with van der Waals surface area (Å²) in [5.41, 5.74) is 0.889. The molecule has 120 valence electrons. The zero-order valence-corrected chi connectivity index (χ0v) is 12.7. The van der Waals surface area contributed by atoms with Crippen LogP contribution >= 0.6 is 0 Å². The van der Waals surface area contributed by atoms with Gasteiger partial charge in [0.25, 0.3) is 5.91 Å². The summed E-state index contributed by atoms with van der Waals surface area (Å²) in [6.45, 7) is 3.35. The summed E-state index contributed by atoms with van der Waals surface area (Å²) < 4.78 is 15.7. The molecule has 1 amide bonds. The minimum Gasteiger partial charge on any atom is -0.461 e. The summed E-state index contributed by atoms with van der Waals surface area (Å²) in [5, 5.41) is 16.5. The fourth-order valence-electron chi connectivity index (χ4n) is 2.27. The van der Waals surface area contributed by atoms with Crippen LogP contribution in [0, 0.1) is 13.8 Å². The molecule has 0 aliphatic rings. The molecule has 0 radical (unpaired) electrons. The van der Waals surface area contributed by atoms with Crippen LogP contribution in [0.4, 0.5) is 0 Å².